The van der Waals surface area contributed by atoms with Crippen molar-refractivity contribution >= 4 is 35.3 Å². The highest BCUT2D eigenvalue weighted by atomic mass is 35.5. The molecule has 4 aliphatic heterocycles. The molecule has 3 fully saturated rings. The Balaban J connectivity index is 1.24. The number of piperidine rings is 3. The number of hydrogen-bond acceptors (Lipinski definition) is 8. The van der Waals surface area contributed by atoms with E-state index in [1.807, 2.05) is 32.9 Å². The van der Waals surface area contributed by atoms with Crippen molar-refractivity contribution in [1.29, 1.82) is 0 Å². The van der Waals surface area contributed by atoms with E-state index >= 15 is 0 Å². The molecule has 0 radical (unpaired) electrons. The number of H-pyrrole nitrogens is 1. The van der Waals surface area contributed by atoms with E-state index in [1.54, 1.807) is 0 Å². The van der Waals surface area contributed by atoms with Gasteiger partial charge in [0.1, 0.15) is 24.5 Å². The largest absolute Gasteiger partial charge is 0.358 e. The summed E-state index contributed by atoms with van der Waals surface area (Å²) in [6.07, 6.45) is 19.8. The van der Waals surface area contributed by atoms with Crippen molar-refractivity contribution < 1.29 is 14.4 Å². The zero-order valence-corrected chi connectivity index (χ0v) is 27.3. The van der Waals surface area contributed by atoms with Gasteiger partial charge in [0.05, 0.1) is 12.6 Å². The minimum absolute atomic E-state index is 0.0229. The number of rotatable bonds is 7. The zero-order valence-electron chi connectivity index (χ0n) is 26.5. The molecule has 0 spiro atoms. The first-order chi connectivity index (χ1) is 22.5. The van der Waals surface area contributed by atoms with Gasteiger partial charge in [-0.15, -0.1) is 0 Å². The minimum atomic E-state index is -0.829. The molecular formula is C32H47ClN10O3. The summed E-state index contributed by atoms with van der Waals surface area (Å²) in [5.74, 6) is 0.117. The summed E-state index contributed by atoms with van der Waals surface area (Å²) in [6, 6.07) is -0.356. The molecule has 250 valence electrons. The molecule has 1 atom stereocenters. The fraction of sp³-hybridized carbons (Fsp3) is 0.625. The molecule has 5 heterocycles. The molecule has 1 aromatic heterocycles. The van der Waals surface area contributed by atoms with Crippen LogP contribution in [0.4, 0.5) is 10.6 Å². The van der Waals surface area contributed by atoms with E-state index in [2.05, 4.69) is 41.5 Å². The average Bonchev–Trinajstić information content (AvgIpc) is 3.19. The van der Waals surface area contributed by atoms with E-state index in [0.29, 0.717) is 64.0 Å². The van der Waals surface area contributed by atoms with Crippen molar-refractivity contribution in [3.8, 4) is 0 Å². The molecule has 0 bridgehead atoms. The Morgan fingerprint density at radius 1 is 0.891 bits per heavy atom. The summed E-state index contributed by atoms with van der Waals surface area (Å²) in [6.45, 7) is 5.73. The predicted octanol–water partition coefficient (Wildman–Crippen LogP) is 3.14. The first kappa shape index (κ1) is 33.6. The Bertz CT molecular complexity index is 1280. The van der Waals surface area contributed by atoms with Crippen LogP contribution in [-0.4, -0.2) is 128 Å². The van der Waals surface area contributed by atoms with Gasteiger partial charge in [0, 0.05) is 51.4 Å². The fourth-order valence-electron chi connectivity index (χ4n) is 6.82. The normalized spacial score (nSPS) is 22.7. The van der Waals surface area contributed by atoms with Gasteiger partial charge in [-0.1, -0.05) is 30.7 Å². The minimum Gasteiger partial charge on any atom is -0.358 e. The van der Waals surface area contributed by atoms with E-state index in [9.17, 15) is 14.4 Å². The molecule has 0 aliphatic carbocycles. The van der Waals surface area contributed by atoms with Crippen molar-refractivity contribution in [3.63, 3.8) is 0 Å². The maximum Gasteiger partial charge on any atom is 0.317 e. The van der Waals surface area contributed by atoms with Crippen LogP contribution in [0.5, 0.6) is 0 Å². The number of carbonyl (C=O) groups excluding carboxylic acids is 3. The molecule has 0 unspecified atom stereocenters. The van der Waals surface area contributed by atoms with Gasteiger partial charge in [-0.05, 0) is 69.6 Å². The summed E-state index contributed by atoms with van der Waals surface area (Å²) in [4.78, 5) is 63.8. The quantitative estimate of drug-likeness (QED) is 0.407. The maximum atomic E-state index is 14.0. The van der Waals surface area contributed by atoms with Crippen molar-refractivity contribution in [2.75, 3.05) is 57.7 Å². The number of likely N-dealkylation sites (tertiary alicyclic amines) is 3. The molecule has 4 aliphatic rings. The van der Waals surface area contributed by atoms with Crippen molar-refractivity contribution in [2.24, 2.45) is 0 Å². The van der Waals surface area contributed by atoms with Crippen LogP contribution >= 0.6 is 11.6 Å². The number of nitrogens with one attached hydrogen (secondary N) is 3. The lowest BCUT2D eigenvalue weighted by atomic mass is 9.98. The number of aromatic nitrogens is 4. The number of anilines is 1. The van der Waals surface area contributed by atoms with Crippen LogP contribution < -0.4 is 10.6 Å². The number of allylic oxidation sites excluding steroid dienone is 2. The average molecular weight is 655 g/mol. The number of halogens is 1. The van der Waals surface area contributed by atoms with Crippen LogP contribution in [0, 0.1) is 0 Å². The second-order valence-corrected chi connectivity index (χ2v) is 12.7. The fourth-order valence-corrected chi connectivity index (χ4v) is 6.96. The molecule has 1 aromatic rings. The molecule has 14 heteroatoms. The van der Waals surface area contributed by atoms with Crippen molar-refractivity contribution in [1.82, 2.24) is 44.9 Å². The highest BCUT2D eigenvalue weighted by Gasteiger charge is 2.35. The molecule has 3 saturated heterocycles. The zero-order chi connectivity index (χ0) is 32.1. The van der Waals surface area contributed by atoms with Crippen LogP contribution in [-0.2, 0) is 9.59 Å². The van der Waals surface area contributed by atoms with Gasteiger partial charge in [0.25, 0.3) is 0 Å². The lowest BCUT2D eigenvalue weighted by molar-refractivity contribution is -0.139. The molecule has 13 nitrogen and oxygen atoms in total. The Morgan fingerprint density at radius 2 is 1.61 bits per heavy atom. The van der Waals surface area contributed by atoms with Crippen LogP contribution in [0.15, 0.2) is 43.2 Å². The number of carbonyl (C=O) groups is 3. The predicted molar refractivity (Wildman–Crippen MR) is 176 cm³/mol. The smallest absolute Gasteiger partial charge is 0.317 e. The Kier molecular flexibility index (Phi) is 12.6. The Hall–Kier alpha value is -3.71. The SMILES string of the molecule is O=C(C[C@H](Nc1cncncnc(Cl)[nH]1)C(=O)N1CCC(N2CCCCC2)CC1)N1CCC(N2CC/C=C\C=C/CNC2=O)CC1. The second kappa shape index (κ2) is 17.3. The van der Waals surface area contributed by atoms with E-state index in [1.165, 1.54) is 38.1 Å². The third kappa shape index (κ3) is 9.65. The van der Waals surface area contributed by atoms with Crippen LogP contribution in [0.2, 0.25) is 5.28 Å². The highest BCUT2D eigenvalue weighted by Crippen LogP contribution is 2.23. The lowest BCUT2D eigenvalue weighted by Gasteiger charge is -2.41. The highest BCUT2D eigenvalue weighted by molar-refractivity contribution is 6.28. The molecule has 4 amide bonds. The summed E-state index contributed by atoms with van der Waals surface area (Å²) < 4.78 is 0. The van der Waals surface area contributed by atoms with Gasteiger partial charge in [0.2, 0.25) is 17.1 Å². The summed E-state index contributed by atoms with van der Waals surface area (Å²) >= 11 is 6.21. The molecular weight excluding hydrogens is 608 g/mol. The summed E-state index contributed by atoms with van der Waals surface area (Å²) in [5, 5.41) is 6.23. The maximum absolute atomic E-state index is 14.0. The van der Waals surface area contributed by atoms with E-state index in [0.717, 1.165) is 32.4 Å². The van der Waals surface area contributed by atoms with Crippen molar-refractivity contribution in [3.05, 3.63) is 48.4 Å². The van der Waals surface area contributed by atoms with Gasteiger partial charge < -0.3 is 35.2 Å². The van der Waals surface area contributed by atoms with Gasteiger partial charge >= 0.3 is 6.03 Å². The molecule has 0 saturated carbocycles. The van der Waals surface area contributed by atoms with E-state index in [4.69, 9.17) is 11.6 Å². The van der Waals surface area contributed by atoms with Gasteiger partial charge in [-0.2, -0.15) is 0 Å². The Morgan fingerprint density at radius 3 is 2.39 bits per heavy atom. The monoisotopic (exact) mass is 654 g/mol. The molecule has 3 N–H and O–H groups in total. The standard InChI is InChI=1S/C32H47ClN10O3/c33-31-37-24-35-23-34-22-28(39-31)38-27(30(45)42-19-9-25(10-20-42)40-14-6-4-7-15-40)21-29(44)41-17-11-26(12-18-41)43-16-8-3-1-2-5-13-36-32(43)46/h1-3,5,22-27,38H,4,6-21H2,(H,36,46)(H,34,35,37,39)/b3-1-,5-2-,28-22?/t27-/m0/s1. The first-order valence-electron chi connectivity index (χ1n) is 16.6. The van der Waals surface area contributed by atoms with Crippen LogP contribution in [0.25, 0.3) is 0 Å². The van der Waals surface area contributed by atoms with Gasteiger partial charge in [-0.25, -0.2) is 19.7 Å². The molecule has 46 heavy (non-hydrogen) atoms. The van der Waals surface area contributed by atoms with Crippen molar-refractivity contribution in [2.45, 2.75) is 75.9 Å². The topological polar surface area (TPSA) is 143 Å². The molecule has 5 rings (SSSR count). The second-order valence-electron chi connectivity index (χ2n) is 12.3. The number of hydrogen-bond donors (Lipinski definition) is 3. The Labute approximate surface area is 276 Å². The summed E-state index contributed by atoms with van der Waals surface area (Å²) in [5.41, 5.74) is 0. The van der Waals surface area contributed by atoms with Gasteiger partial charge in [0.15, 0.2) is 0 Å². The van der Waals surface area contributed by atoms with E-state index in [-0.39, 0.29) is 35.6 Å². The van der Waals surface area contributed by atoms with E-state index < -0.39 is 6.04 Å². The third-order valence-electron chi connectivity index (χ3n) is 9.31. The lowest BCUT2D eigenvalue weighted by Crippen LogP contribution is -2.54. The van der Waals surface area contributed by atoms with Crippen LogP contribution in [0.1, 0.15) is 57.8 Å². The van der Waals surface area contributed by atoms with Gasteiger partial charge in [-0.3, -0.25) is 9.59 Å². The first-order valence-corrected chi connectivity index (χ1v) is 17.0. The van der Waals surface area contributed by atoms with Crippen LogP contribution in [0.3, 0.4) is 0 Å². The number of amides is 4. The number of nitrogens with zero attached hydrogens (tertiary/aromatic N) is 7. The third-order valence-corrected chi connectivity index (χ3v) is 9.50. The number of aromatic amines is 1. The number of urea groups is 1. The molecule has 0 aromatic carbocycles. The summed E-state index contributed by atoms with van der Waals surface area (Å²) in [7, 11) is 0.